The van der Waals surface area contributed by atoms with Crippen LogP contribution in [0.4, 0.5) is 10.8 Å². The van der Waals surface area contributed by atoms with Gasteiger partial charge in [-0.1, -0.05) is 35.1 Å². The Labute approximate surface area is 179 Å². The van der Waals surface area contributed by atoms with Gasteiger partial charge in [-0.25, -0.2) is 9.97 Å². The lowest BCUT2D eigenvalue weighted by Crippen LogP contribution is -2.18. The Balaban J connectivity index is 1.48. The van der Waals surface area contributed by atoms with Gasteiger partial charge >= 0.3 is 0 Å². The maximum absolute atomic E-state index is 12.6. The summed E-state index contributed by atoms with van der Waals surface area (Å²) in [6, 6.07) is 12.6. The van der Waals surface area contributed by atoms with E-state index in [0.29, 0.717) is 21.5 Å². The van der Waals surface area contributed by atoms with E-state index in [1.165, 1.54) is 22.7 Å². The number of fused-ring (bicyclic) bond motifs is 1. The van der Waals surface area contributed by atoms with Crippen molar-refractivity contribution in [3.8, 4) is 0 Å². The summed E-state index contributed by atoms with van der Waals surface area (Å²) < 4.78 is 0.854. The number of amides is 2. The topological polar surface area (TPSA) is 84.0 Å². The highest BCUT2D eigenvalue weighted by Crippen LogP contribution is 2.30. The van der Waals surface area contributed by atoms with Crippen molar-refractivity contribution >= 4 is 67.1 Å². The summed E-state index contributed by atoms with van der Waals surface area (Å²) >= 11 is 8.73. The standard InChI is InChI=1S/C20H15ClN4O2S2/c1-11(12-3-2-4-13(21)7-12)18(26)25-20-24-15-6-5-14(8-17(15)29-20)23-19(27)16-9-28-10-22-16/h2-11H,1H3,(H,23,27)(H,24,25,26). The largest absolute Gasteiger partial charge is 0.321 e. The molecule has 0 radical (unpaired) electrons. The van der Waals surface area contributed by atoms with E-state index >= 15 is 0 Å². The molecule has 2 N–H and O–H groups in total. The smallest absolute Gasteiger partial charge is 0.275 e. The highest BCUT2D eigenvalue weighted by atomic mass is 35.5. The van der Waals surface area contributed by atoms with E-state index in [-0.39, 0.29) is 17.7 Å². The zero-order valence-electron chi connectivity index (χ0n) is 15.2. The number of nitrogens with one attached hydrogen (secondary N) is 2. The van der Waals surface area contributed by atoms with E-state index < -0.39 is 0 Å². The molecule has 29 heavy (non-hydrogen) atoms. The zero-order valence-corrected chi connectivity index (χ0v) is 17.6. The number of hydrogen-bond donors (Lipinski definition) is 2. The predicted molar refractivity (Wildman–Crippen MR) is 118 cm³/mol. The molecule has 2 amide bonds. The van der Waals surface area contributed by atoms with Gasteiger partial charge in [-0.3, -0.25) is 9.59 Å². The van der Waals surface area contributed by atoms with Gasteiger partial charge in [0.25, 0.3) is 5.91 Å². The van der Waals surface area contributed by atoms with Crippen LogP contribution in [-0.2, 0) is 4.79 Å². The highest BCUT2D eigenvalue weighted by Gasteiger charge is 2.17. The molecule has 2 heterocycles. The van der Waals surface area contributed by atoms with Crippen LogP contribution in [0.1, 0.15) is 28.9 Å². The van der Waals surface area contributed by atoms with E-state index in [1.54, 1.807) is 35.2 Å². The van der Waals surface area contributed by atoms with Crippen molar-refractivity contribution in [2.45, 2.75) is 12.8 Å². The van der Waals surface area contributed by atoms with Gasteiger partial charge in [-0.2, -0.15) is 0 Å². The summed E-state index contributed by atoms with van der Waals surface area (Å²) in [7, 11) is 0. The average molecular weight is 443 g/mol. The van der Waals surface area contributed by atoms with Crippen molar-refractivity contribution in [3.63, 3.8) is 0 Å². The van der Waals surface area contributed by atoms with Gasteiger partial charge < -0.3 is 10.6 Å². The Morgan fingerprint density at radius 3 is 2.76 bits per heavy atom. The first kappa shape index (κ1) is 19.5. The second kappa shape index (κ2) is 8.28. The molecule has 0 aliphatic carbocycles. The Morgan fingerprint density at radius 1 is 1.14 bits per heavy atom. The fraction of sp³-hybridized carbons (Fsp3) is 0.100. The normalized spacial score (nSPS) is 11.9. The van der Waals surface area contributed by atoms with Gasteiger partial charge in [0, 0.05) is 16.1 Å². The maximum Gasteiger partial charge on any atom is 0.275 e. The molecule has 1 unspecified atom stereocenters. The molecule has 0 fully saturated rings. The van der Waals surface area contributed by atoms with Crippen molar-refractivity contribution in [3.05, 3.63) is 69.6 Å². The van der Waals surface area contributed by atoms with Gasteiger partial charge in [0.2, 0.25) is 5.91 Å². The number of rotatable bonds is 5. The molecule has 0 saturated carbocycles. The molecule has 2 aromatic carbocycles. The number of nitrogens with zero attached hydrogens (tertiary/aromatic N) is 2. The third-order valence-electron chi connectivity index (χ3n) is 4.28. The third kappa shape index (κ3) is 4.45. The predicted octanol–water partition coefficient (Wildman–Crippen LogP) is 5.40. The first-order valence-electron chi connectivity index (χ1n) is 8.66. The van der Waals surface area contributed by atoms with Gasteiger partial charge in [0.1, 0.15) is 5.69 Å². The number of hydrogen-bond acceptors (Lipinski definition) is 6. The minimum atomic E-state index is -0.367. The number of benzene rings is 2. The van der Waals surface area contributed by atoms with Crippen molar-refractivity contribution in [2.24, 2.45) is 0 Å². The van der Waals surface area contributed by atoms with Crippen LogP contribution < -0.4 is 10.6 Å². The molecule has 4 rings (SSSR count). The number of thiazole rings is 2. The van der Waals surface area contributed by atoms with Crippen LogP contribution in [0, 0.1) is 0 Å². The fourth-order valence-electron chi connectivity index (χ4n) is 2.72. The number of carbonyl (C=O) groups excluding carboxylic acids is 2. The van der Waals surface area contributed by atoms with Crippen LogP contribution >= 0.6 is 34.3 Å². The minimum Gasteiger partial charge on any atom is -0.321 e. The molecule has 2 aromatic heterocycles. The van der Waals surface area contributed by atoms with E-state index in [0.717, 1.165) is 15.8 Å². The molecule has 146 valence electrons. The van der Waals surface area contributed by atoms with Gasteiger partial charge in [0.05, 0.1) is 21.6 Å². The molecule has 6 nitrogen and oxygen atoms in total. The summed E-state index contributed by atoms with van der Waals surface area (Å²) in [5.74, 6) is -0.795. The lowest BCUT2D eigenvalue weighted by Gasteiger charge is -2.11. The number of carbonyl (C=O) groups is 2. The molecule has 0 spiro atoms. The second-order valence-electron chi connectivity index (χ2n) is 6.30. The Kier molecular flexibility index (Phi) is 5.57. The van der Waals surface area contributed by atoms with E-state index in [1.807, 2.05) is 25.1 Å². The number of aromatic nitrogens is 2. The second-order valence-corrected chi connectivity index (χ2v) is 8.48. The van der Waals surface area contributed by atoms with Crippen LogP contribution in [0.15, 0.2) is 53.4 Å². The van der Waals surface area contributed by atoms with E-state index in [4.69, 9.17) is 11.6 Å². The first-order chi connectivity index (χ1) is 14.0. The SMILES string of the molecule is CC(C(=O)Nc1nc2ccc(NC(=O)c3cscn3)cc2s1)c1cccc(Cl)c1. The molecule has 9 heteroatoms. The summed E-state index contributed by atoms with van der Waals surface area (Å²) in [5, 5.41) is 8.46. The molecule has 0 aliphatic heterocycles. The van der Waals surface area contributed by atoms with Gasteiger partial charge in [-0.05, 0) is 42.8 Å². The van der Waals surface area contributed by atoms with Crippen molar-refractivity contribution in [1.82, 2.24) is 9.97 Å². The van der Waals surface area contributed by atoms with Crippen molar-refractivity contribution in [2.75, 3.05) is 10.6 Å². The van der Waals surface area contributed by atoms with E-state index in [2.05, 4.69) is 20.6 Å². The number of anilines is 2. The summed E-state index contributed by atoms with van der Waals surface area (Å²) in [4.78, 5) is 33.2. The Bertz CT molecular complexity index is 1190. The molecule has 0 aliphatic rings. The molecular weight excluding hydrogens is 428 g/mol. The Hall–Kier alpha value is -2.81. The fourth-order valence-corrected chi connectivity index (χ4v) is 4.36. The molecule has 4 aromatic rings. The zero-order chi connectivity index (χ0) is 20.4. The van der Waals surface area contributed by atoms with Crippen LogP contribution in [-0.4, -0.2) is 21.8 Å². The molecule has 0 saturated heterocycles. The lowest BCUT2D eigenvalue weighted by molar-refractivity contribution is -0.117. The molecule has 1 atom stereocenters. The summed E-state index contributed by atoms with van der Waals surface area (Å²) in [6.07, 6.45) is 0. The first-order valence-corrected chi connectivity index (χ1v) is 10.8. The van der Waals surface area contributed by atoms with Crippen LogP contribution in [0.2, 0.25) is 5.02 Å². The van der Waals surface area contributed by atoms with E-state index in [9.17, 15) is 9.59 Å². The monoisotopic (exact) mass is 442 g/mol. The lowest BCUT2D eigenvalue weighted by atomic mass is 10.0. The molecule has 0 bridgehead atoms. The van der Waals surface area contributed by atoms with Gasteiger partial charge in [-0.15, -0.1) is 11.3 Å². The minimum absolute atomic E-state index is 0.164. The summed E-state index contributed by atoms with van der Waals surface area (Å²) in [6.45, 7) is 1.82. The van der Waals surface area contributed by atoms with Crippen LogP contribution in [0.3, 0.4) is 0 Å². The van der Waals surface area contributed by atoms with Crippen LogP contribution in [0.5, 0.6) is 0 Å². The van der Waals surface area contributed by atoms with Gasteiger partial charge in [0.15, 0.2) is 5.13 Å². The highest BCUT2D eigenvalue weighted by molar-refractivity contribution is 7.22. The number of halogens is 1. The van der Waals surface area contributed by atoms with Crippen molar-refractivity contribution < 1.29 is 9.59 Å². The Morgan fingerprint density at radius 2 is 2.00 bits per heavy atom. The maximum atomic E-state index is 12.6. The third-order valence-corrected chi connectivity index (χ3v) is 6.04. The summed E-state index contributed by atoms with van der Waals surface area (Å²) in [5.41, 5.74) is 4.21. The average Bonchev–Trinajstić information content (AvgIpc) is 3.36. The van der Waals surface area contributed by atoms with Crippen molar-refractivity contribution in [1.29, 1.82) is 0 Å². The molecular formula is C20H15ClN4O2S2. The van der Waals surface area contributed by atoms with Crippen LogP contribution in [0.25, 0.3) is 10.2 Å². The quantitative estimate of drug-likeness (QED) is 0.433.